The average molecular weight is 333 g/mol. The maximum Gasteiger partial charge on any atom is 0.239 e. The SMILES string of the molecule is C[C@H]1Cc2ccccc2N1CC(=O)NCCc1c[nH]c2ccccc12. The number of aromatic nitrogens is 1. The van der Waals surface area contributed by atoms with E-state index >= 15 is 0 Å². The highest BCUT2D eigenvalue weighted by Gasteiger charge is 2.26. The molecule has 1 aliphatic rings. The van der Waals surface area contributed by atoms with Gasteiger partial charge in [0.15, 0.2) is 0 Å². The Morgan fingerprint density at radius 1 is 1.20 bits per heavy atom. The van der Waals surface area contributed by atoms with E-state index in [1.54, 1.807) is 0 Å². The normalized spacial score (nSPS) is 16.2. The molecule has 0 saturated heterocycles. The number of amides is 1. The first kappa shape index (κ1) is 15.8. The molecule has 1 aliphatic heterocycles. The molecule has 2 N–H and O–H groups in total. The molecule has 25 heavy (non-hydrogen) atoms. The molecule has 0 spiro atoms. The van der Waals surface area contributed by atoms with Crippen molar-refractivity contribution in [3.8, 4) is 0 Å². The van der Waals surface area contributed by atoms with Crippen molar-refractivity contribution >= 4 is 22.5 Å². The number of nitrogens with one attached hydrogen (secondary N) is 2. The predicted octanol–water partition coefficient (Wildman–Crippen LogP) is 3.28. The zero-order valence-electron chi connectivity index (χ0n) is 14.5. The lowest BCUT2D eigenvalue weighted by Crippen LogP contribution is -2.40. The van der Waals surface area contributed by atoms with Crippen LogP contribution in [-0.2, 0) is 17.6 Å². The molecule has 4 heteroatoms. The van der Waals surface area contributed by atoms with Crippen molar-refractivity contribution in [2.24, 2.45) is 0 Å². The van der Waals surface area contributed by atoms with E-state index in [4.69, 9.17) is 0 Å². The molecule has 2 heterocycles. The number of hydrogen-bond acceptors (Lipinski definition) is 2. The molecule has 0 radical (unpaired) electrons. The standard InChI is InChI=1S/C21H23N3O/c1-15-12-16-6-2-5-9-20(16)24(15)14-21(25)22-11-10-17-13-23-19-8-4-3-7-18(17)19/h2-9,13,15,23H,10-12,14H2,1H3,(H,22,25)/t15-/m0/s1. The van der Waals surface area contributed by atoms with Crippen LogP contribution in [0.5, 0.6) is 0 Å². The number of hydrogen-bond donors (Lipinski definition) is 2. The lowest BCUT2D eigenvalue weighted by Gasteiger charge is -2.24. The van der Waals surface area contributed by atoms with Crippen molar-refractivity contribution in [2.45, 2.75) is 25.8 Å². The van der Waals surface area contributed by atoms with E-state index in [0.29, 0.717) is 19.1 Å². The third-order valence-corrected chi connectivity index (χ3v) is 5.05. The van der Waals surface area contributed by atoms with Gasteiger partial charge in [0, 0.05) is 35.4 Å². The molecule has 3 aromatic rings. The second kappa shape index (κ2) is 6.63. The molecule has 1 aromatic heterocycles. The van der Waals surface area contributed by atoms with Crippen LogP contribution in [0.15, 0.2) is 54.7 Å². The van der Waals surface area contributed by atoms with Gasteiger partial charge in [-0.25, -0.2) is 0 Å². The minimum atomic E-state index is 0.0865. The zero-order chi connectivity index (χ0) is 17.2. The van der Waals surface area contributed by atoms with Crippen molar-refractivity contribution in [2.75, 3.05) is 18.0 Å². The van der Waals surface area contributed by atoms with E-state index in [0.717, 1.165) is 18.4 Å². The van der Waals surface area contributed by atoms with Gasteiger partial charge in [-0.3, -0.25) is 4.79 Å². The number of aromatic amines is 1. The monoisotopic (exact) mass is 333 g/mol. The molecule has 0 bridgehead atoms. The second-order valence-electron chi connectivity index (χ2n) is 6.77. The second-order valence-corrected chi connectivity index (χ2v) is 6.77. The van der Waals surface area contributed by atoms with Gasteiger partial charge < -0.3 is 15.2 Å². The van der Waals surface area contributed by atoms with Gasteiger partial charge >= 0.3 is 0 Å². The minimum Gasteiger partial charge on any atom is -0.361 e. The van der Waals surface area contributed by atoms with Crippen molar-refractivity contribution in [3.63, 3.8) is 0 Å². The summed E-state index contributed by atoms with van der Waals surface area (Å²) in [6.45, 7) is 3.26. The molecule has 1 amide bonds. The van der Waals surface area contributed by atoms with Gasteiger partial charge in [-0.05, 0) is 43.0 Å². The molecule has 2 aromatic carbocycles. The number of carbonyl (C=O) groups excluding carboxylic acids is 1. The van der Waals surface area contributed by atoms with Crippen LogP contribution in [0.4, 0.5) is 5.69 Å². The van der Waals surface area contributed by atoms with Crippen LogP contribution < -0.4 is 10.2 Å². The third kappa shape index (κ3) is 3.12. The lowest BCUT2D eigenvalue weighted by atomic mass is 10.1. The Kier molecular flexibility index (Phi) is 4.18. The number of anilines is 1. The summed E-state index contributed by atoms with van der Waals surface area (Å²) in [5.74, 6) is 0.0865. The number of nitrogens with zero attached hydrogens (tertiary/aromatic N) is 1. The van der Waals surface area contributed by atoms with Crippen molar-refractivity contribution in [3.05, 3.63) is 65.9 Å². The summed E-state index contributed by atoms with van der Waals surface area (Å²) < 4.78 is 0. The average Bonchev–Trinajstić information content (AvgIpc) is 3.17. The van der Waals surface area contributed by atoms with Gasteiger partial charge in [0.2, 0.25) is 5.91 Å². The zero-order valence-corrected chi connectivity index (χ0v) is 14.5. The fourth-order valence-electron chi connectivity index (χ4n) is 3.76. The highest BCUT2D eigenvalue weighted by Crippen LogP contribution is 2.31. The van der Waals surface area contributed by atoms with Crippen LogP contribution in [0.2, 0.25) is 0 Å². The summed E-state index contributed by atoms with van der Waals surface area (Å²) in [4.78, 5) is 17.9. The molecule has 128 valence electrons. The Morgan fingerprint density at radius 3 is 2.92 bits per heavy atom. The van der Waals surface area contributed by atoms with E-state index in [1.165, 1.54) is 22.2 Å². The Morgan fingerprint density at radius 2 is 2.00 bits per heavy atom. The Hall–Kier alpha value is -2.75. The summed E-state index contributed by atoms with van der Waals surface area (Å²) in [5.41, 5.74) is 4.92. The molecule has 0 saturated carbocycles. The smallest absolute Gasteiger partial charge is 0.239 e. The van der Waals surface area contributed by atoms with Gasteiger partial charge in [0.25, 0.3) is 0 Å². The fourth-order valence-corrected chi connectivity index (χ4v) is 3.76. The number of rotatable bonds is 5. The van der Waals surface area contributed by atoms with E-state index in [9.17, 15) is 4.79 Å². The fraction of sp³-hybridized carbons (Fsp3) is 0.286. The van der Waals surface area contributed by atoms with Crippen molar-refractivity contribution in [1.82, 2.24) is 10.3 Å². The first-order valence-electron chi connectivity index (χ1n) is 8.88. The Balaban J connectivity index is 1.34. The van der Waals surface area contributed by atoms with Gasteiger partial charge in [-0.1, -0.05) is 36.4 Å². The highest BCUT2D eigenvalue weighted by atomic mass is 16.2. The minimum absolute atomic E-state index is 0.0865. The van der Waals surface area contributed by atoms with Crippen molar-refractivity contribution in [1.29, 1.82) is 0 Å². The molecular formula is C21H23N3O. The van der Waals surface area contributed by atoms with E-state index in [-0.39, 0.29) is 5.91 Å². The van der Waals surface area contributed by atoms with Gasteiger partial charge in [-0.2, -0.15) is 0 Å². The maximum absolute atomic E-state index is 12.4. The Bertz CT molecular complexity index is 899. The number of H-pyrrole nitrogens is 1. The third-order valence-electron chi connectivity index (χ3n) is 5.05. The number of fused-ring (bicyclic) bond motifs is 2. The predicted molar refractivity (Wildman–Crippen MR) is 102 cm³/mol. The maximum atomic E-state index is 12.4. The number of para-hydroxylation sites is 2. The van der Waals surface area contributed by atoms with Gasteiger partial charge in [0.05, 0.1) is 6.54 Å². The summed E-state index contributed by atoms with van der Waals surface area (Å²) in [6.07, 6.45) is 3.89. The van der Waals surface area contributed by atoms with Crippen LogP contribution in [0.25, 0.3) is 10.9 Å². The quantitative estimate of drug-likeness (QED) is 0.753. The van der Waals surface area contributed by atoms with Crippen LogP contribution >= 0.6 is 0 Å². The summed E-state index contributed by atoms with van der Waals surface area (Å²) in [7, 11) is 0. The first-order chi connectivity index (χ1) is 12.2. The Labute approximate surface area is 147 Å². The number of carbonyl (C=O) groups is 1. The van der Waals surface area contributed by atoms with Crippen LogP contribution in [-0.4, -0.2) is 30.0 Å². The summed E-state index contributed by atoms with van der Waals surface area (Å²) >= 11 is 0. The van der Waals surface area contributed by atoms with Crippen LogP contribution in [0.3, 0.4) is 0 Å². The van der Waals surface area contributed by atoms with Crippen LogP contribution in [0, 0.1) is 0 Å². The molecule has 0 unspecified atom stereocenters. The molecular weight excluding hydrogens is 310 g/mol. The van der Waals surface area contributed by atoms with E-state index < -0.39 is 0 Å². The molecule has 0 aliphatic carbocycles. The molecule has 0 fully saturated rings. The summed E-state index contributed by atoms with van der Waals surface area (Å²) in [6, 6.07) is 17.0. The molecule has 1 atom stereocenters. The van der Waals surface area contributed by atoms with E-state index in [2.05, 4.69) is 52.5 Å². The largest absolute Gasteiger partial charge is 0.361 e. The molecule has 4 rings (SSSR count). The van der Waals surface area contributed by atoms with Crippen molar-refractivity contribution < 1.29 is 4.79 Å². The van der Waals surface area contributed by atoms with Crippen LogP contribution in [0.1, 0.15) is 18.1 Å². The molecule has 4 nitrogen and oxygen atoms in total. The highest BCUT2D eigenvalue weighted by molar-refractivity contribution is 5.84. The van der Waals surface area contributed by atoms with E-state index in [1.807, 2.05) is 24.4 Å². The topological polar surface area (TPSA) is 48.1 Å². The van der Waals surface area contributed by atoms with Gasteiger partial charge in [0.1, 0.15) is 0 Å². The summed E-state index contributed by atoms with van der Waals surface area (Å²) in [5, 5.41) is 4.30. The number of benzene rings is 2. The lowest BCUT2D eigenvalue weighted by molar-refractivity contribution is -0.119. The first-order valence-corrected chi connectivity index (χ1v) is 8.88. The van der Waals surface area contributed by atoms with Gasteiger partial charge in [-0.15, -0.1) is 0 Å².